The van der Waals surface area contributed by atoms with Crippen LogP contribution in [0.4, 0.5) is 0 Å². The first kappa shape index (κ1) is 24.0. The molecule has 0 aromatic heterocycles. The zero-order valence-electron chi connectivity index (χ0n) is 19.4. The standard InChI is InChI=1S/C28H28O6S/c1-18-12-14-19(15-13-18)17-35-28-25(33-26(30)20-8-4-2-5-9-20)23(29)24-22(32-28)16-31-27(34-24)21-10-6-3-7-11-21/h2-15,22-25,27-29H,16-17H2,1H3/t22-,23+,24-,25-,27-,28+/m1/s1. The van der Waals surface area contributed by atoms with E-state index in [1.165, 1.54) is 17.3 Å². The number of carbonyl (C=O) groups excluding carboxylic acids is 1. The molecule has 0 amide bonds. The monoisotopic (exact) mass is 492 g/mol. The maximum atomic E-state index is 12.9. The highest BCUT2D eigenvalue weighted by molar-refractivity contribution is 7.99. The van der Waals surface area contributed by atoms with E-state index in [1.807, 2.05) is 43.3 Å². The zero-order chi connectivity index (χ0) is 24.2. The molecule has 6 atom stereocenters. The van der Waals surface area contributed by atoms with E-state index in [1.54, 1.807) is 24.3 Å². The Bertz CT molecular complexity index is 1110. The number of hydrogen-bond acceptors (Lipinski definition) is 7. The first-order chi connectivity index (χ1) is 17.1. The van der Waals surface area contributed by atoms with E-state index < -0.39 is 42.1 Å². The number of benzene rings is 3. The Balaban J connectivity index is 1.34. The second-order valence-electron chi connectivity index (χ2n) is 8.74. The van der Waals surface area contributed by atoms with Crippen LogP contribution in [0.15, 0.2) is 84.9 Å². The molecule has 1 N–H and O–H groups in total. The summed E-state index contributed by atoms with van der Waals surface area (Å²) in [5, 5.41) is 11.4. The Morgan fingerprint density at radius 1 is 0.971 bits per heavy atom. The van der Waals surface area contributed by atoms with Crippen LogP contribution >= 0.6 is 11.8 Å². The van der Waals surface area contributed by atoms with Crippen molar-refractivity contribution >= 4 is 17.7 Å². The highest BCUT2D eigenvalue weighted by atomic mass is 32.2. The molecule has 0 bridgehead atoms. The summed E-state index contributed by atoms with van der Waals surface area (Å²) in [5.41, 5.74) is 2.99. The van der Waals surface area contributed by atoms with E-state index in [0.717, 1.165) is 11.1 Å². The van der Waals surface area contributed by atoms with Crippen LogP contribution in [0.3, 0.4) is 0 Å². The molecule has 2 fully saturated rings. The molecule has 5 rings (SSSR count). The van der Waals surface area contributed by atoms with E-state index in [-0.39, 0.29) is 6.61 Å². The molecule has 3 aromatic rings. The number of hydrogen-bond donors (Lipinski definition) is 1. The maximum Gasteiger partial charge on any atom is 0.338 e. The number of aliphatic hydroxyl groups is 1. The third-order valence-corrected chi connectivity index (χ3v) is 7.38. The summed E-state index contributed by atoms with van der Waals surface area (Å²) in [4.78, 5) is 12.9. The third kappa shape index (κ3) is 5.60. The van der Waals surface area contributed by atoms with Gasteiger partial charge in [-0.05, 0) is 24.6 Å². The second-order valence-corrected chi connectivity index (χ2v) is 9.83. The molecule has 6 nitrogen and oxygen atoms in total. The van der Waals surface area contributed by atoms with Gasteiger partial charge in [0, 0.05) is 11.3 Å². The van der Waals surface area contributed by atoms with Gasteiger partial charge in [0.25, 0.3) is 0 Å². The van der Waals surface area contributed by atoms with E-state index in [2.05, 4.69) is 24.3 Å². The van der Waals surface area contributed by atoms with Crippen molar-refractivity contribution in [3.63, 3.8) is 0 Å². The lowest BCUT2D eigenvalue weighted by Gasteiger charge is -2.47. The van der Waals surface area contributed by atoms with Crippen LogP contribution in [0.25, 0.3) is 0 Å². The fourth-order valence-corrected chi connectivity index (χ4v) is 5.41. The highest BCUT2D eigenvalue weighted by Crippen LogP contribution is 2.39. The molecule has 2 aliphatic heterocycles. The van der Waals surface area contributed by atoms with Crippen molar-refractivity contribution in [3.8, 4) is 0 Å². The van der Waals surface area contributed by atoms with Crippen molar-refractivity contribution in [3.05, 3.63) is 107 Å². The molecule has 35 heavy (non-hydrogen) atoms. The lowest BCUT2D eigenvalue weighted by molar-refractivity contribution is -0.318. The molecule has 0 radical (unpaired) electrons. The van der Waals surface area contributed by atoms with Crippen LogP contribution < -0.4 is 0 Å². The number of ether oxygens (including phenoxy) is 4. The van der Waals surface area contributed by atoms with Gasteiger partial charge in [-0.1, -0.05) is 78.4 Å². The number of fused-ring (bicyclic) bond motifs is 1. The Morgan fingerprint density at radius 3 is 2.37 bits per heavy atom. The Hall–Kier alpha value is -2.68. The molecule has 182 valence electrons. The number of carbonyl (C=O) groups is 1. The number of rotatable bonds is 6. The second kappa shape index (κ2) is 10.9. The number of aliphatic hydroxyl groups excluding tert-OH is 1. The van der Waals surface area contributed by atoms with Crippen molar-refractivity contribution < 1.29 is 28.8 Å². The van der Waals surface area contributed by atoms with Gasteiger partial charge in [0.05, 0.1) is 12.2 Å². The van der Waals surface area contributed by atoms with Gasteiger partial charge in [-0.25, -0.2) is 4.79 Å². The first-order valence-corrected chi connectivity index (χ1v) is 12.7. The van der Waals surface area contributed by atoms with Crippen LogP contribution in [0.2, 0.25) is 0 Å². The SMILES string of the molecule is Cc1ccc(CS[C@@H]2O[C@@H]3CO[C@@H](c4ccccc4)O[C@H]3[C@H](O)[C@H]2OC(=O)c2ccccc2)cc1. The van der Waals surface area contributed by atoms with Crippen molar-refractivity contribution in [1.29, 1.82) is 0 Å². The van der Waals surface area contributed by atoms with Gasteiger partial charge < -0.3 is 24.1 Å². The van der Waals surface area contributed by atoms with Gasteiger partial charge in [-0.2, -0.15) is 0 Å². The molecular weight excluding hydrogens is 464 g/mol. The van der Waals surface area contributed by atoms with Crippen LogP contribution in [-0.2, 0) is 24.7 Å². The minimum atomic E-state index is -1.08. The molecule has 0 saturated carbocycles. The molecule has 0 spiro atoms. The Labute approximate surface area is 209 Å². The summed E-state index contributed by atoms with van der Waals surface area (Å²) < 4.78 is 24.2. The number of aryl methyl sites for hydroxylation is 1. The molecule has 0 aliphatic carbocycles. The van der Waals surface area contributed by atoms with Gasteiger partial charge in [0.15, 0.2) is 12.4 Å². The van der Waals surface area contributed by atoms with E-state index in [4.69, 9.17) is 18.9 Å². The van der Waals surface area contributed by atoms with E-state index in [9.17, 15) is 9.90 Å². The smallest absolute Gasteiger partial charge is 0.338 e. The fraction of sp³-hybridized carbons (Fsp3) is 0.321. The molecule has 2 aliphatic rings. The fourth-order valence-electron chi connectivity index (χ4n) is 4.23. The van der Waals surface area contributed by atoms with Gasteiger partial charge >= 0.3 is 5.97 Å². The minimum absolute atomic E-state index is 0.266. The quantitative estimate of drug-likeness (QED) is 0.502. The lowest BCUT2D eigenvalue weighted by Crippen LogP contribution is -2.62. The van der Waals surface area contributed by atoms with E-state index in [0.29, 0.717) is 11.3 Å². The van der Waals surface area contributed by atoms with Crippen molar-refractivity contribution in [2.24, 2.45) is 0 Å². The van der Waals surface area contributed by atoms with Crippen LogP contribution in [0.5, 0.6) is 0 Å². The van der Waals surface area contributed by atoms with Gasteiger partial charge in [-0.3, -0.25) is 0 Å². The zero-order valence-corrected chi connectivity index (χ0v) is 20.2. The summed E-state index contributed by atoms with van der Waals surface area (Å²) >= 11 is 1.49. The molecule has 7 heteroatoms. The van der Waals surface area contributed by atoms with E-state index >= 15 is 0 Å². The predicted octanol–water partition coefficient (Wildman–Crippen LogP) is 4.65. The molecule has 2 saturated heterocycles. The Kier molecular flexibility index (Phi) is 7.51. The Morgan fingerprint density at radius 2 is 1.66 bits per heavy atom. The predicted molar refractivity (Wildman–Crippen MR) is 133 cm³/mol. The average Bonchev–Trinajstić information content (AvgIpc) is 2.91. The average molecular weight is 493 g/mol. The van der Waals surface area contributed by atoms with Crippen molar-refractivity contribution in [1.82, 2.24) is 0 Å². The third-order valence-electron chi connectivity index (χ3n) is 6.17. The van der Waals surface area contributed by atoms with Crippen LogP contribution in [0.1, 0.15) is 33.3 Å². The highest BCUT2D eigenvalue weighted by Gasteiger charge is 2.51. The van der Waals surface area contributed by atoms with Gasteiger partial charge in [0.1, 0.15) is 23.7 Å². The lowest BCUT2D eigenvalue weighted by atomic mass is 9.98. The maximum absolute atomic E-state index is 12.9. The topological polar surface area (TPSA) is 74.2 Å². The summed E-state index contributed by atoms with van der Waals surface area (Å²) in [7, 11) is 0. The molecule has 2 heterocycles. The number of thioether (sulfide) groups is 1. The molecular formula is C28H28O6S. The normalized spacial score (nSPS) is 28.2. The van der Waals surface area contributed by atoms with Crippen LogP contribution in [0, 0.1) is 6.92 Å². The summed E-state index contributed by atoms with van der Waals surface area (Å²) in [6.07, 6.45) is -3.79. The molecule has 0 unspecified atom stereocenters. The summed E-state index contributed by atoms with van der Waals surface area (Å²) in [6.45, 7) is 2.31. The number of esters is 1. The minimum Gasteiger partial charge on any atom is -0.452 e. The summed E-state index contributed by atoms with van der Waals surface area (Å²) in [6, 6.07) is 26.5. The van der Waals surface area contributed by atoms with Crippen molar-refractivity contribution in [2.45, 2.75) is 48.8 Å². The van der Waals surface area contributed by atoms with Gasteiger partial charge in [0.2, 0.25) is 0 Å². The van der Waals surface area contributed by atoms with Crippen LogP contribution in [-0.4, -0.2) is 47.5 Å². The van der Waals surface area contributed by atoms with Gasteiger partial charge in [-0.15, -0.1) is 11.8 Å². The first-order valence-electron chi connectivity index (χ1n) is 11.7. The largest absolute Gasteiger partial charge is 0.452 e. The van der Waals surface area contributed by atoms with Crippen molar-refractivity contribution in [2.75, 3.05) is 6.61 Å². The molecule has 3 aromatic carbocycles. The summed E-state index contributed by atoms with van der Waals surface area (Å²) in [5.74, 6) is 0.132.